The first-order valence-corrected chi connectivity index (χ1v) is 8.89. The lowest BCUT2D eigenvalue weighted by molar-refractivity contribution is -0.159. The van der Waals surface area contributed by atoms with Crippen LogP contribution in [0.3, 0.4) is 0 Å². The minimum absolute atomic E-state index is 0.636. The summed E-state index contributed by atoms with van der Waals surface area (Å²) in [7, 11) is 0. The molecule has 1 aromatic heterocycles. The van der Waals surface area contributed by atoms with Gasteiger partial charge in [-0.1, -0.05) is 36.4 Å². The number of hydrogen-bond donors (Lipinski definition) is 3. The maximum absolute atomic E-state index is 9.10. The van der Waals surface area contributed by atoms with Gasteiger partial charge in [0.05, 0.1) is 0 Å². The summed E-state index contributed by atoms with van der Waals surface area (Å²) in [6.45, 7) is 4.37. The Morgan fingerprint density at radius 2 is 1.63 bits per heavy atom. The summed E-state index contributed by atoms with van der Waals surface area (Å²) < 4.78 is 0. The van der Waals surface area contributed by atoms with E-state index in [9.17, 15) is 0 Å². The van der Waals surface area contributed by atoms with Gasteiger partial charge >= 0.3 is 11.9 Å². The average Bonchev–Trinajstić information content (AvgIpc) is 2.69. The highest BCUT2D eigenvalue weighted by atomic mass is 16.4. The van der Waals surface area contributed by atoms with Crippen LogP contribution in [0.5, 0.6) is 0 Å². The van der Waals surface area contributed by atoms with Gasteiger partial charge in [-0.2, -0.15) is 0 Å². The number of rotatable bonds is 5. The Bertz CT molecular complexity index is 690. The molecule has 0 unspecified atom stereocenters. The molecular formula is C20H25N3O4. The standard InChI is InChI=1S/C18H23N3.C2H2O4/c1-2-5-16(6-3-1)15-21-11-8-18(9-12-21)20-14-17-7-4-10-19-13-17;3-1(4)2(5)6/h1-7,10,13,18,20H,8-9,11-12,14-15H2;(H,3,4)(H,5,6). The summed E-state index contributed by atoms with van der Waals surface area (Å²) >= 11 is 0. The van der Waals surface area contributed by atoms with Gasteiger partial charge in [0, 0.05) is 31.5 Å². The third kappa shape index (κ3) is 7.98. The Kier molecular flexibility index (Phi) is 8.41. The molecule has 1 aliphatic heterocycles. The number of nitrogens with one attached hydrogen (secondary N) is 1. The van der Waals surface area contributed by atoms with Crippen LogP contribution in [0.1, 0.15) is 24.0 Å². The molecule has 27 heavy (non-hydrogen) atoms. The number of carboxylic acids is 2. The van der Waals surface area contributed by atoms with Crippen LogP contribution in [-0.2, 0) is 22.7 Å². The molecule has 0 aliphatic carbocycles. The molecule has 7 heteroatoms. The fraction of sp³-hybridized carbons (Fsp3) is 0.350. The Labute approximate surface area is 158 Å². The highest BCUT2D eigenvalue weighted by Gasteiger charge is 2.18. The Balaban J connectivity index is 0.000000380. The fourth-order valence-electron chi connectivity index (χ4n) is 2.90. The van der Waals surface area contributed by atoms with Crippen molar-refractivity contribution >= 4 is 11.9 Å². The fourth-order valence-corrected chi connectivity index (χ4v) is 2.90. The number of nitrogens with zero attached hydrogens (tertiary/aromatic N) is 2. The zero-order valence-electron chi connectivity index (χ0n) is 15.1. The van der Waals surface area contributed by atoms with E-state index < -0.39 is 11.9 Å². The molecule has 144 valence electrons. The van der Waals surface area contributed by atoms with E-state index in [2.05, 4.69) is 51.6 Å². The molecule has 0 amide bonds. The van der Waals surface area contributed by atoms with Gasteiger partial charge in [-0.3, -0.25) is 9.88 Å². The summed E-state index contributed by atoms with van der Waals surface area (Å²) in [5.41, 5.74) is 2.68. The molecule has 1 aromatic carbocycles. The number of carbonyl (C=O) groups is 2. The largest absolute Gasteiger partial charge is 0.473 e. The molecule has 1 fully saturated rings. The van der Waals surface area contributed by atoms with Crippen molar-refractivity contribution < 1.29 is 19.8 Å². The summed E-state index contributed by atoms with van der Waals surface area (Å²) in [6.07, 6.45) is 6.23. The SMILES string of the molecule is O=C(O)C(=O)O.c1ccc(CN2CCC(NCc3cccnc3)CC2)cc1. The number of pyridine rings is 1. The summed E-state index contributed by atoms with van der Waals surface area (Å²) in [6, 6.07) is 15.5. The third-order valence-electron chi connectivity index (χ3n) is 4.34. The first-order valence-electron chi connectivity index (χ1n) is 8.89. The van der Waals surface area contributed by atoms with Crippen molar-refractivity contribution in [3.8, 4) is 0 Å². The van der Waals surface area contributed by atoms with Gasteiger partial charge in [0.25, 0.3) is 0 Å². The maximum atomic E-state index is 9.10. The van der Waals surface area contributed by atoms with E-state index in [4.69, 9.17) is 19.8 Å². The van der Waals surface area contributed by atoms with Crippen LogP contribution in [0.4, 0.5) is 0 Å². The van der Waals surface area contributed by atoms with Crippen molar-refractivity contribution in [2.24, 2.45) is 0 Å². The second-order valence-corrected chi connectivity index (χ2v) is 6.39. The minimum Gasteiger partial charge on any atom is -0.473 e. The van der Waals surface area contributed by atoms with Crippen LogP contribution in [0.15, 0.2) is 54.9 Å². The molecule has 1 saturated heterocycles. The number of aliphatic carboxylic acids is 2. The number of carboxylic acid groups (broad SMARTS) is 2. The van der Waals surface area contributed by atoms with E-state index in [-0.39, 0.29) is 0 Å². The van der Waals surface area contributed by atoms with Gasteiger partial charge < -0.3 is 15.5 Å². The second-order valence-electron chi connectivity index (χ2n) is 6.39. The van der Waals surface area contributed by atoms with Crippen molar-refractivity contribution in [1.82, 2.24) is 15.2 Å². The molecule has 1 aliphatic rings. The van der Waals surface area contributed by atoms with Crippen LogP contribution in [-0.4, -0.2) is 51.2 Å². The highest BCUT2D eigenvalue weighted by Crippen LogP contribution is 2.14. The smallest absolute Gasteiger partial charge is 0.414 e. The van der Waals surface area contributed by atoms with Gasteiger partial charge in [0.2, 0.25) is 0 Å². The normalized spacial score (nSPS) is 14.8. The quantitative estimate of drug-likeness (QED) is 0.691. The summed E-state index contributed by atoms with van der Waals surface area (Å²) in [5.74, 6) is -3.65. The lowest BCUT2D eigenvalue weighted by atomic mass is 10.0. The Morgan fingerprint density at radius 1 is 1.00 bits per heavy atom. The zero-order chi connectivity index (χ0) is 19.5. The first kappa shape index (κ1) is 20.5. The molecule has 7 nitrogen and oxygen atoms in total. The number of hydrogen-bond acceptors (Lipinski definition) is 5. The molecule has 0 bridgehead atoms. The number of piperidine rings is 1. The molecule has 0 radical (unpaired) electrons. The van der Waals surface area contributed by atoms with E-state index >= 15 is 0 Å². The monoisotopic (exact) mass is 371 g/mol. The number of benzene rings is 1. The highest BCUT2D eigenvalue weighted by molar-refractivity contribution is 6.27. The molecule has 3 rings (SSSR count). The first-order chi connectivity index (χ1) is 13.0. The third-order valence-corrected chi connectivity index (χ3v) is 4.34. The molecule has 3 N–H and O–H groups in total. The topological polar surface area (TPSA) is 103 Å². The van der Waals surface area contributed by atoms with Gasteiger partial charge in [0.15, 0.2) is 0 Å². The lowest BCUT2D eigenvalue weighted by Gasteiger charge is -2.32. The lowest BCUT2D eigenvalue weighted by Crippen LogP contribution is -2.41. The predicted octanol–water partition coefficient (Wildman–Crippen LogP) is 1.99. The van der Waals surface area contributed by atoms with Crippen molar-refractivity contribution in [3.63, 3.8) is 0 Å². The summed E-state index contributed by atoms with van der Waals surface area (Å²) in [4.78, 5) is 24.9. The van der Waals surface area contributed by atoms with Crippen LogP contribution in [0, 0.1) is 0 Å². The van der Waals surface area contributed by atoms with E-state index in [1.807, 2.05) is 18.5 Å². The van der Waals surface area contributed by atoms with Gasteiger partial charge in [-0.15, -0.1) is 0 Å². The molecule has 2 heterocycles. The summed E-state index contributed by atoms with van der Waals surface area (Å²) in [5, 5.41) is 18.4. The van der Waals surface area contributed by atoms with Gasteiger partial charge in [-0.25, -0.2) is 9.59 Å². The minimum atomic E-state index is -1.82. The molecule has 2 aromatic rings. The molecule has 0 saturated carbocycles. The van der Waals surface area contributed by atoms with Crippen molar-refractivity contribution in [3.05, 3.63) is 66.0 Å². The van der Waals surface area contributed by atoms with Crippen LogP contribution in [0.25, 0.3) is 0 Å². The van der Waals surface area contributed by atoms with Gasteiger partial charge in [0.1, 0.15) is 0 Å². The van der Waals surface area contributed by atoms with E-state index in [1.165, 1.54) is 37.1 Å². The number of aromatic nitrogens is 1. The molecule has 0 atom stereocenters. The Hall–Kier alpha value is -2.77. The van der Waals surface area contributed by atoms with Crippen LogP contribution >= 0.6 is 0 Å². The van der Waals surface area contributed by atoms with Gasteiger partial charge in [-0.05, 0) is 43.1 Å². The zero-order valence-corrected chi connectivity index (χ0v) is 15.1. The molecular weight excluding hydrogens is 346 g/mol. The second kappa shape index (κ2) is 11.1. The van der Waals surface area contributed by atoms with E-state index in [0.29, 0.717) is 6.04 Å². The maximum Gasteiger partial charge on any atom is 0.414 e. The van der Waals surface area contributed by atoms with Crippen LogP contribution in [0.2, 0.25) is 0 Å². The van der Waals surface area contributed by atoms with Crippen molar-refractivity contribution in [2.75, 3.05) is 13.1 Å². The predicted molar refractivity (Wildman–Crippen MR) is 101 cm³/mol. The number of likely N-dealkylation sites (tertiary alicyclic amines) is 1. The average molecular weight is 371 g/mol. The van der Waals surface area contributed by atoms with E-state index in [0.717, 1.165) is 13.1 Å². The molecule has 0 spiro atoms. The Morgan fingerprint density at radius 3 is 2.19 bits per heavy atom. The van der Waals surface area contributed by atoms with E-state index in [1.54, 1.807) is 0 Å². The van der Waals surface area contributed by atoms with Crippen LogP contribution < -0.4 is 5.32 Å². The van der Waals surface area contributed by atoms with Crippen molar-refractivity contribution in [1.29, 1.82) is 0 Å². The van der Waals surface area contributed by atoms with Crippen molar-refractivity contribution in [2.45, 2.75) is 32.0 Å².